The van der Waals surface area contributed by atoms with Crippen LogP contribution in [0.4, 0.5) is 5.69 Å². The van der Waals surface area contributed by atoms with E-state index in [-0.39, 0.29) is 10.8 Å². The maximum Gasteiger partial charge on any atom is 0.155 e. The first-order valence-electron chi connectivity index (χ1n) is 13.0. The molecule has 0 aliphatic heterocycles. The number of carbonyl (C=O) groups is 1. The van der Waals surface area contributed by atoms with E-state index >= 15 is 0 Å². The fraction of sp³-hybridized carbons (Fsp3) is 0.633. The minimum absolute atomic E-state index is 0.0697. The maximum absolute atomic E-state index is 12.3. The molecule has 0 unspecified atom stereocenters. The molecule has 4 aliphatic rings. The highest BCUT2D eigenvalue weighted by molar-refractivity contribution is 5.91. The number of ketones is 1. The van der Waals surface area contributed by atoms with Crippen molar-refractivity contribution in [3.8, 4) is 11.8 Å². The Labute approximate surface area is 199 Å². The average Bonchev–Trinajstić information content (AvgIpc) is 3.08. The first-order valence-corrected chi connectivity index (χ1v) is 13.0. The van der Waals surface area contributed by atoms with Crippen LogP contribution in [0.25, 0.3) is 0 Å². The Balaban J connectivity index is 1.64. The van der Waals surface area contributed by atoms with E-state index in [1.807, 2.05) is 13.1 Å². The van der Waals surface area contributed by atoms with Gasteiger partial charge in [0.15, 0.2) is 5.78 Å². The van der Waals surface area contributed by atoms with Gasteiger partial charge in [-0.25, -0.2) is 0 Å². The zero-order chi connectivity index (χ0) is 23.4. The Morgan fingerprint density at radius 1 is 1.12 bits per heavy atom. The summed E-state index contributed by atoms with van der Waals surface area (Å²) in [7, 11) is 1.96. The summed E-state index contributed by atoms with van der Waals surface area (Å²) in [6.45, 7) is 6.84. The summed E-state index contributed by atoms with van der Waals surface area (Å²) in [6.07, 6.45) is 9.37. The van der Waals surface area contributed by atoms with Crippen LogP contribution in [0.15, 0.2) is 35.9 Å². The Kier molecular flexibility index (Phi) is 5.52. The largest absolute Gasteiger partial charge is 0.388 e. The number of anilines is 1. The van der Waals surface area contributed by atoms with Crippen molar-refractivity contribution in [1.29, 1.82) is 0 Å². The van der Waals surface area contributed by atoms with Gasteiger partial charge in [-0.3, -0.25) is 4.79 Å². The molecule has 0 saturated heterocycles. The van der Waals surface area contributed by atoms with Gasteiger partial charge in [-0.15, -0.1) is 5.92 Å². The van der Waals surface area contributed by atoms with E-state index in [4.69, 9.17) is 0 Å². The monoisotopic (exact) mass is 445 g/mol. The summed E-state index contributed by atoms with van der Waals surface area (Å²) >= 11 is 0. The van der Waals surface area contributed by atoms with Crippen LogP contribution in [0.5, 0.6) is 0 Å². The van der Waals surface area contributed by atoms with Crippen LogP contribution in [0.3, 0.4) is 0 Å². The molecule has 7 atom stereocenters. The number of benzene rings is 1. The zero-order valence-corrected chi connectivity index (χ0v) is 20.7. The highest BCUT2D eigenvalue weighted by atomic mass is 16.3. The molecule has 3 nitrogen and oxygen atoms in total. The third-order valence-electron chi connectivity index (χ3n) is 10.2. The molecule has 0 amide bonds. The molecule has 2 N–H and O–H groups in total. The highest BCUT2D eigenvalue weighted by Crippen LogP contribution is 2.70. The molecule has 4 aliphatic carbocycles. The second-order valence-corrected chi connectivity index (χ2v) is 11.5. The molecule has 33 heavy (non-hydrogen) atoms. The lowest BCUT2D eigenvalue weighted by Crippen LogP contribution is -2.57. The highest BCUT2D eigenvalue weighted by Gasteiger charge is 2.66. The van der Waals surface area contributed by atoms with E-state index in [1.54, 1.807) is 0 Å². The van der Waals surface area contributed by atoms with Crippen LogP contribution in [0, 0.1) is 40.4 Å². The van der Waals surface area contributed by atoms with Crippen LogP contribution in [-0.2, 0) is 4.79 Å². The first kappa shape index (κ1) is 22.7. The minimum Gasteiger partial charge on any atom is -0.388 e. The van der Waals surface area contributed by atoms with Gasteiger partial charge in [-0.2, -0.15) is 0 Å². The number of hydrogen-bond donors (Lipinski definition) is 2. The number of aliphatic hydroxyl groups is 1. The lowest BCUT2D eigenvalue weighted by atomic mass is 9.43. The van der Waals surface area contributed by atoms with Gasteiger partial charge < -0.3 is 10.4 Å². The average molecular weight is 446 g/mol. The van der Waals surface area contributed by atoms with Gasteiger partial charge >= 0.3 is 0 Å². The minimum atomic E-state index is -0.901. The smallest absolute Gasteiger partial charge is 0.155 e. The van der Waals surface area contributed by atoms with E-state index in [0.29, 0.717) is 35.9 Å². The van der Waals surface area contributed by atoms with Crippen molar-refractivity contribution < 1.29 is 9.90 Å². The van der Waals surface area contributed by atoms with Gasteiger partial charge in [-0.05, 0) is 91.4 Å². The topological polar surface area (TPSA) is 49.3 Å². The van der Waals surface area contributed by atoms with Crippen molar-refractivity contribution in [3.05, 3.63) is 41.5 Å². The Bertz CT molecular complexity index is 1030. The maximum atomic E-state index is 12.3. The summed E-state index contributed by atoms with van der Waals surface area (Å²) in [5, 5.41) is 15.2. The van der Waals surface area contributed by atoms with E-state index < -0.39 is 5.60 Å². The van der Waals surface area contributed by atoms with Crippen molar-refractivity contribution in [2.45, 2.75) is 83.7 Å². The quantitative estimate of drug-likeness (QED) is 0.541. The number of fused-ring (bicyclic) bond motifs is 5. The summed E-state index contributed by atoms with van der Waals surface area (Å²) in [4.78, 5) is 12.3. The third kappa shape index (κ3) is 3.32. The molecule has 176 valence electrons. The van der Waals surface area contributed by atoms with E-state index in [2.05, 4.69) is 62.2 Å². The summed E-state index contributed by atoms with van der Waals surface area (Å²) in [5.74, 6) is 8.80. The molecule has 1 aromatic carbocycles. The number of allylic oxidation sites excluding steroid dienone is 1. The molecule has 3 heteroatoms. The normalized spacial score (nSPS) is 41.7. The van der Waals surface area contributed by atoms with Crippen LogP contribution in [0.2, 0.25) is 0 Å². The van der Waals surface area contributed by atoms with Crippen LogP contribution in [-0.4, -0.2) is 23.5 Å². The van der Waals surface area contributed by atoms with E-state index in [1.165, 1.54) is 11.1 Å². The molecule has 0 aromatic heterocycles. The Morgan fingerprint density at radius 3 is 2.58 bits per heavy atom. The van der Waals surface area contributed by atoms with Crippen LogP contribution >= 0.6 is 0 Å². The first-order chi connectivity index (χ1) is 15.8. The SMILES string of the molecule is CCC#C[C@]1(O)CC[C@H]2[C@@H]3CCC4=CC(=O)CC[C@]4(C)[C@H]3[C@@H](c3ccc(NC)cc3)C[C@@]21C. The molecule has 0 radical (unpaired) electrons. The van der Waals surface area contributed by atoms with Crippen molar-refractivity contribution in [1.82, 2.24) is 0 Å². The summed E-state index contributed by atoms with van der Waals surface area (Å²) in [5.41, 5.74) is 2.85. The number of hydrogen-bond acceptors (Lipinski definition) is 3. The number of rotatable bonds is 2. The second kappa shape index (κ2) is 8.02. The standard InChI is InChI=1S/C30H39NO2/c1-5-6-15-30(33)17-14-26-24-12-9-21-18-23(32)13-16-28(21,2)27(24)25(19-29(26,30)3)20-7-10-22(31-4)11-8-20/h7-8,10-11,18,24-27,31,33H,5,9,12-14,16-17,19H2,1-4H3/t24-,25+,26-,27+,28-,29-,30-/m0/s1. The van der Waals surface area contributed by atoms with Crippen LogP contribution < -0.4 is 5.32 Å². The second-order valence-electron chi connectivity index (χ2n) is 11.5. The molecule has 0 bridgehead atoms. The van der Waals surface area contributed by atoms with Crippen molar-refractivity contribution in [2.24, 2.45) is 28.6 Å². The lowest BCUT2D eigenvalue weighted by Gasteiger charge is -2.61. The summed E-state index contributed by atoms with van der Waals surface area (Å²) < 4.78 is 0. The van der Waals surface area contributed by atoms with Crippen molar-refractivity contribution in [2.75, 3.05) is 12.4 Å². The van der Waals surface area contributed by atoms with Crippen LogP contribution in [0.1, 0.15) is 83.6 Å². The lowest BCUT2D eigenvalue weighted by molar-refractivity contribution is -0.122. The Hall–Kier alpha value is -2.05. The Morgan fingerprint density at radius 2 is 1.88 bits per heavy atom. The predicted molar refractivity (Wildman–Crippen MR) is 134 cm³/mol. The van der Waals surface area contributed by atoms with Gasteiger partial charge in [0.2, 0.25) is 0 Å². The third-order valence-corrected chi connectivity index (χ3v) is 10.2. The van der Waals surface area contributed by atoms with E-state index in [9.17, 15) is 9.90 Å². The van der Waals surface area contributed by atoms with Gasteiger partial charge in [0.1, 0.15) is 5.60 Å². The van der Waals surface area contributed by atoms with Gasteiger partial charge in [0, 0.05) is 31.0 Å². The van der Waals surface area contributed by atoms with E-state index in [0.717, 1.165) is 50.6 Å². The van der Waals surface area contributed by atoms with Gasteiger partial charge in [-0.1, -0.05) is 44.4 Å². The molecule has 3 fully saturated rings. The molecule has 1 aromatic rings. The van der Waals surface area contributed by atoms with Crippen molar-refractivity contribution in [3.63, 3.8) is 0 Å². The zero-order valence-electron chi connectivity index (χ0n) is 20.7. The predicted octanol–water partition coefficient (Wildman–Crippen LogP) is 6.10. The fourth-order valence-electron chi connectivity index (χ4n) is 8.41. The molecule has 0 heterocycles. The molecular weight excluding hydrogens is 406 g/mol. The molecule has 5 rings (SSSR count). The molecule has 0 spiro atoms. The summed E-state index contributed by atoms with van der Waals surface area (Å²) in [6, 6.07) is 8.95. The number of nitrogens with one attached hydrogen (secondary N) is 1. The number of carbonyl (C=O) groups excluding carboxylic acids is 1. The van der Waals surface area contributed by atoms with Crippen molar-refractivity contribution >= 4 is 11.5 Å². The fourth-order valence-corrected chi connectivity index (χ4v) is 8.41. The molecule has 3 saturated carbocycles. The molecular formula is C30H39NO2. The van der Waals surface area contributed by atoms with Gasteiger partial charge in [0.05, 0.1) is 0 Å². The van der Waals surface area contributed by atoms with Gasteiger partial charge in [0.25, 0.3) is 0 Å².